The van der Waals surface area contributed by atoms with Crippen LogP contribution in [0.25, 0.3) is 0 Å². The summed E-state index contributed by atoms with van der Waals surface area (Å²) < 4.78 is 22.8. The molecule has 5 heteroatoms. The molecule has 0 aromatic heterocycles. The van der Waals surface area contributed by atoms with Gasteiger partial charge in [0.05, 0.1) is 11.5 Å². The first-order valence-electron chi connectivity index (χ1n) is 6.61. The summed E-state index contributed by atoms with van der Waals surface area (Å²) in [5.74, 6) is 0.604. The van der Waals surface area contributed by atoms with E-state index in [4.69, 9.17) is 0 Å². The largest absolute Gasteiger partial charge is 0.309 e. The summed E-state index contributed by atoms with van der Waals surface area (Å²) in [7, 11) is 1.30. The zero-order valence-electron chi connectivity index (χ0n) is 11.6. The average Bonchev–Trinajstić information content (AvgIpc) is 2.67. The first kappa shape index (κ1) is 14.5. The molecule has 0 amide bonds. The molecule has 1 aliphatic rings. The maximum atomic E-state index is 11.4. The smallest absolute Gasteiger partial charge is 0.151 e. The molecular formula is C14H22N2O2S. The maximum absolute atomic E-state index is 11.4. The fraction of sp³-hybridized carbons (Fsp3) is 0.571. The van der Waals surface area contributed by atoms with Crippen molar-refractivity contribution in [3.63, 3.8) is 0 Å². The van der Waals surface area contributed by atoms with Crippen molar-refractivity contribution >= 4 is 9.84 Å². The second-order valence-electron chi connectivity index (χ2n) is 5.49. The molecule has 0 saturated carbocycles. The second kappa shape index (κ2) is 6.03. The minimum atomic E-state index is -2.80. The van der Waals surface area contributed by atoms with E-state index in [-0.39, 0.29) is 11.8 Å². The van der Waals surface area contributed by atoms with Crippen molar-refractivity contribution in [3.05, 3.63) is 35.4 Å². The molecule has 1 N–H and O–H groups in total. The summed E-state index contributed by atoms with van der Waals surface area (Å²) in [6.07, 6.45) is 0.734. The molecule has 1 aliphatic heterocycles. The summed E-state index contributed by atoms with van der Waals surface area (Å²) in [5, 5.41) is 3.37. The van der Waals surface area contributed by atoms with E-state index in [9.17, 15) is 8.42 Å². The van der Waals surface area contributed by atoms with Crippen LogP contribution in [0.5, 0.6) is 0 Å². The standard InChI is InChI=1S/C14H22N2O2S/c1-16(2)10-13-6-4-3-5-12(13)9-15-14-7-8-19(17,18)11-14/h3-6,14-15H,7-11H2,1-2H3. The zero-order valence-corrected chi connectivity index (χ0v) is 12.4. The third-order valence-electron chi connectivity index (χ3n) is 3.42. The van der Waals surface area contributed by atoms with Gasteiger partial charge in [-0.15, -0.1) is 0 Å². The molecule has 1 heterocycles. The van der Waals surface area contributed by atoms with E-state index in [1.807, 2.05) is 26.2 Å². The first-order valence-corrected chi connectivity index (χ1v) is 8.44. The molecule has 1 atom stereocenters. The Morgan fingerprint density at radius 1 is 1.26 bits per heavy atom. The number of rotatable bonds is 5. The van der Waals surface area contributed by atoms with Gasteiger partial charge in [-0.3, -0.25) is 0 Å². The van der Waals surface area contributed by atoms with E-state index in [1.165, 1.54) is 11.1 Å². The summed E-state index contributed by atoms with van der Waals surface area (Å²) >= 11 is 0. The molecule has 0 spiro atoms. The Kier molecular flexibility index (Phi) is 4.60. The lowest BCUT2D eigenvalue weighted by molar-refractivity contribution is 0.399. The van der Waals surface area contributed by atoms with E-state index in [0.29, 0.717) is 5.75 Å². The van der Waals surface area contributed by atoms with Crippen molar-refractivity contribution in [2.24, 2.45) is 0 Å². The molecule has 4 nitrogen and oxygen atoms in total. The third kappa shape index (κ3) is 4.30. The Hall–Kier alpha value is -0.910. The molecular weight excluding hydrogens is 260 g/mol. The van der Waals surface area contributed by atoms with Crippen LogP contribution >= 0.6 is 0 Å². The molecule has 2 rings (SSSR count). The Morgan fingerprint density at radius 3 is 2.53 bits per heavy atom. The summed E-state index contributed by atoms with van der Waals surface area (Å²) in [6, 6.07) is 8.42. The lowest BCUT2D eigenvalue weighted by Crippen LogP contribution is -2.30. The fourth-order valence-electron chi connectivity index (χ4n) is 2.44. The molecule has 106 valence electrons. The van der Waals surface area contributed by atoms with Crippen LogP contribution in [0, 0.1) is 0 Å². The zero-order chi connectivity index (χ0) is 13.9. The number of hydrogen-bond donors (Lipinski definition) is 1. The summed E-state index contributed by atoms with van der Waals surface area (Å²) in [6.45, 7) is 1.64. The minimum Gasteiger partial charge on any atom is -0.309 e. The number of sulfone groups is 1. The molecule has 1 saturated heterocycles. The van der Waals surface area contributed by atoms with Crippen LogP contribution in [0.3, 0.4) is 0 Å². The minimum absolute atomic E-state index is 0.109. The predicted molar refractivity (Wildman–Crippen MR) is 77.7 cm³/mol. The van der Waals surface area contributed by atoms with E-state index in [0.717, 1.165) is 19.5 Å². The van der Waals surface area contributed by atoms with Crippen molar-refractivity contribution in [2.45, 2.75) is 25.6 Å². The molecule has 0 aliphatic carbocycles. The Balaban J connectivity index is 1.96. The van der Waals surface area contributed by atoms with Crippen LogP contribution in [-0.2, 0) is 22.9 Å². The SMILES string of the molecule is CN(C)Cc1ccccc1CNC1CCS(=O)(=O)C1. The highest BCUT2D eigenvalue weighted by Gasteiger charge is 2.27. The van der Waals surface area contributed by atoms with Crippen molar-refractivity contribution < 1.29 is 8.42 Å². The van der Waals surface area contributed by atoms with Crippen molar-refractivity contribution in [2.75, 3.05) is 25.6 Å². The molecule has 0 radical (unpaired) electrons. The molecule has 19 heavy (non-hydrogen) atoms. The van der Waals surface area contributed by atoms with Gasteiger partial charge in [-0.1, -0.05) is 24.3 Å². The summed E-state index contributed by atoms with van der Waals surface area (Å²) in [5.41, 5.74) is 2.54. The molecule has 0 bridgehead atoms. The number of benzene rings is 1. The van der Waals surface area contributed by atoms with Gasteiger partial charge in [0, 0.05) is 19.1 Å². The number of nitrogens with one attached hydrogen (secondary N) is 1. The van der Waals surface area contributed by atoms with E-state index in [1.54, 1.807) is 0 Å². The van der Waals surface area contributed by atoms with Gasteiger partial charge in [0.2, 0.25) is 0 Å². The molecule has 1 aromatic carbocycles. The van der Waals surface area contributed by atoms with Crippen LogP contribution in [0.1, 0.15) is 17.5 Å². The third-order valence-corrected chi connectivity index (χ3v) is 5.19. The van der Waals surface area contributed by atoms with E-state index in [2.05, 4.69) is 22.3 Å². The first-order chi connectivity index (χ1) is 8.96. The monoisotopic (exact) mass is 282 g/mol. The lowest BCUT2D eigenvalue weighted by atomic mass is 10.1. The van der Waals surface area contributed by atoms with E-state index >= 15 is 0 Å². The van der Waals surface area contributed by atoms with Crippen LogP contribution in [0.15, 0.2) is 24.3 Å². The van der Waals surface area contributed by atoms with Crippen LogP contribution in [0.4, 0.5) is 0 Å². The fourth-order valence-corrected chi connectivity index (χ4v) is 4.14. The van der Waals surface area contributed by atoms with Gasteiger partial charge in [-0.2, -0.15) is 0 Å². The average molecular weight is 282 g/mol. The Morgan fingerprint density at radius 2 is 1.95 bits per heavy atom. The molecule has 1 unspecified atom stereocenters. The highest BCUT2D eigenvalue weighted by atomic mass is 32.2. The molecule has 1 aromatic rings. The molecule has 1 fully saturated rings. The maximum Gasteiger partial charge on any atom is 0.151 e. The normalized spacial score (nSPS) is 21.9. The number of hydrogen-bond acceptors (Lipinski definition) is 4. The van der Waals surface area contributed by atoms with Crippen molar-refractivity contribution in [3.8, 4) is 0 Å². The highest BCUT2D eigenvalue weighted by Crippen LogP contribution is 2.14. The number of nitrogens with zero attached hydrogens (tertiary/aromatic N) is 1. The van der Waals surface area contributed by atoms with Crippen LogP contribution in [-0.4, -0.2) is 45.0 Å². The van der Waals surface area contributed by atoms with Gasteiger partial charge < -0.3 is 10.2 Å². The van der Waals surface area contributed by atoms with Crippen LogP contribution in [0.2, 0.25) is 0 Å². The van der Waals surface area contributed by atoms with Crippen molar-refractivity contribution in [1.82, 2.24) is 10.2 Å². The Labute approximate surface area is 115 Å². The van der Waals surface area contributed by atoms with Crippen molar-refractivity contribution in [1.29, 1.82) is 0 Å². The van der Waals surface area contributed by atoms with Gasteiger partial charge in [0.1, 0.15) is 0 Å². The van der Waals surface area contributed by atoms with Gasteiger partial charge in [0.25, 0.3) is 0 Å². The predicted octanol–water partition coefficient (Wildman–Crippen LogP) is 1.02. The van der Waals surface area contributed by atoms with Gasteiger partial charge in [-0.25, -0.2) is 8.42 Å². The lowest BCUT2D eigenvalue weighted by Gasteiger charge is -2.16. The second-order valence-corrected chi connectivity index (χ2v) is 7.72. The van der Waals surface area contributed by atoms with Gasteiger partial charge in [-0.05, 0) is 31.6 Å². The summed E-state index contributed by atoms with van der Waals surface area (Å²) in [4.78, 5) is 2.14. The topological polar surface area (TPSA) is 49.4 Å². The van der Waals surface area contributed by atoms with Crippen LogP contribution < -0.4 is 5.32 Å². The van der Waals surface area contributed by atoms with E-state index < -0.39 is 9.84 Å². The highest BCUT2D eigenvalue weighted by molar-refractivity contribution is 7.91. The Bertz CT molecular complexity index is 526. The quantitative estimate of drug-likeness (QED) is 0.876. The van der Waals surface area contributed by atoms with Gasteiger partial charge in [0.15, 0.2) is 9.84 Å². The van der Waals surface area contributed by atoms with Gasteiger partial charge >= 0.3 is 0 Å².